The van der Waals surface area contributed by atoms with Gasteiger partial charge >= 0.3 is 0 Å². The van der Waals surface area contributed by atoms with E-state index in [1.807, 2.05) is 6.92 Å². The first-order valence-corrected chi connectivity index (χ1v) is 5.65. The van der Waals surface area contributed by atoms with Crippen molar-refractivity contribution in [3.05, 3.63) is 28.3 Å². The molecule has 1 aromatic heterocycles. The Morgan fingerprint density at radius 3 is 3.06 bits per heavy atom. The number of benzene rings is 1. The number of para-hydroxylation sites is 1. The van der Waals surface area contributed by atoms with Gasteiger partial charge in [0.15, 0.2) is 11.1 Å². The molecule has 0 radical (unpaired) electrons. The number of anilines is 1. The number of hydrogen-bond acceptors (Lipinski definition) is 6. The number of hydrogen-bond donors (Lipinski definition) is 2. The third-order valence-electron chi connectivity index (χ3n) is 2.63. The number of nitrogens with two attached hydrogens (primary N) is 1. The lowest BCUT2D eigenvalue weighted by Crippen LogP contribution is -2.28. The van der Waals surface area contributed by atoms with Gasteiger partial charge in [0, 0.05) is 18.7 Å². The van der Waals surface area contributed by atoms with Gasteiger partial charge in [-0.1, -0.05) is 13.0 Å². The lowest BCUT2D eigenvalue weighted by atomic mass is 10.2. The first kappa shape index (κ1) is 12.3. The van der Waals surface area contributed by atoms with E-state index in [0.717, 1.165) is 6.42 Å². The average molecular weight is 250 g/mol. The molecule has 0 fully saturated rings. The summed E-state index contributed by atoms with van der Waals surface area (Å²) in [6.07, 6.45) is 0.827. The van der Waals surface area contributed by atoms with Crippen molar-refractivity contribution >= 4 is 22.8 Å². The maximum atomic E-state index is 10.8. The zero-order valence-corrected chi connectivity index (χ0v) is 9.92. The van der Waals surface area contributed by atoms with Crippen LogP contribution in [0.15, 0.2) is 22.6 Å². The lowest BCUT2D eigenvalue weighted by Gasteiger charge is -2.07. The number of oxazole rings is 1. The number of nitro benzene ring substituents is 1. The third-order valence-corrected chi connectivity index (χ3v) is 2.63. The van der Waals surface area contributed by atoms with Gasteiger partial charge in [-0.05, 0) is 12.5 Å². The van der Waals surface area contributed by atoms with Gasteiger partial charge in [-0.2, -0.15) is 4.98 Å². The number of rotatable bonds is 5. The molecule has 7 nitrogen and oxygen atoms in total. The van der Waals surface area contributed by atoms with Crippen molar-refractivity contribution < 1.29 is 9.34 Å². The Balaban J connectivity index is 2.27. The van der Waals surface area contributed by atoms with E-state index < -0.39 is 4.92 Å². The van der Waals surface area contributed by atoms with Gasteiger partial charge in [0.25, 0.3) is 11.7 Å². The van der Waals surface area contributed by atoms with E-state index in [-0.39, 0.29) is 23.3 Å². The fourth-order valence-electron chi connectivity index (χ4n) is 1.52. The van der Waals surface area contributed by atoms with Crippen LogP contribution in [0, 0.1) is 10.1 Å². The summed E-state index contributed by atoms with van der Waals surface area (Å²) >= 11 is 0. The van der Waals surface area contributed by atoms with Gasteiger partial charge in [-0.25, -0.2) is 0 Å². The van der Waals surface area contributed by atoms with Crippen LogP contribution in [0.1, 0.15) is 13.3 Å². The quantitative estimate of drug-likeness (QED) is 0.619. The highest BCUT2D eigenvalue weighted by Gasteiger charge is 2.17. The van der Waals surface area contributed by atoms with Crippen LogP contribution in [0.25, 0.3) is 11.1 Å². The minimum absolute atomic E-state index is 0.00463. The summed E-state index contributed by atoms with van der Waals surface area (Å²) in [7, 11) is 0. The van der Waals surface area contributed by atoms with Gasteiger partial charge in [-0.3, -0.25) is 10.1 Å². The molecule has 0 bridgehead atoms. The summed E-state index contributed by atoms with van der Waals surface area (Å²) in [5.41, 5.74) is 6.32. The van der Waals surface area contributed by atoms with E-state index in [1.54, 1.807) is 12.1 Å². The van der Waals surface area contributed by atoms with E-state index in [4.69, 9.17) is 10.2 Å². The van der Waals surface area contributed by atoms with Crippen LogP contribution in [0.4, 0.5) is 11.7 Å². The van der Waals surface area contributed by atoms with Gasteiger partial charge in [0.1, 0.15) is 0 Å². The maximum absolute atomic E-state index is 10.8. The standard InChI is InChI=1S/C11H14N4O3/c1-2-7(12)6-13-11-14-10-8(15(16)17)4-3-5-9(10)18-11/h3-5,7H,2,6,12H2,1H3,(H,13,14). The molecule has 2 rings (SSSR count). The highest BCUT2D eigenvalue weighted by Crippen LogP contribution is 2.27. The molecular formula is C11H14N4O3. The molecule has 0 amide bonds. The zero-order valence-electron chi connectivity index (χ0n) is 9.92. The number of nitro groups is 1. The van der Waals surface area contributed by atoms with Crippen LogP contribution in [-0.2, 0) is 0 Å². The number of non-ortho nitro benzene ring substituents is 1. The predicted molar refractivity (Wildman–Crippen MR) is 67.4 cm³/mol. The molecule has 0 aliphatic heterocycles. The first-order chi connectivity index (χ1) is 8.61. The van der Waals surface area contributed by atoms with Crippen molar-refractivity contribution in [3.63, 3.8) is 0 Å². The molecule has 0 saturated carbocycles. The minimum atomic E-state index is -0.480. The molecular weight excluding hydrogens is 236 g/mol. The van der Waals surface area contributed by atoms with Crippen LogP contribution < -0.4 is 11.1 Å². The molecule has 7 heteroatoms. The molecule has 1 aromatic carbocycles. The number of aromatic nitrogens is 1. The molecule has 0 aliphatic carbocycles. The second-order valence-electron chi connectivity index (χ2n) is 3.95. The molecule has 0 spiro atoms. The van der Waals surface area contributed by atoms with Crippen molar-refractivity contribution in [1.29, 1.82) is 0 Å². The Hall–Kier alpha value is -2.15. The number of nitrogens with one attached hydrogen (secondary N) is 1. The number of fused-ring (bicyclic) bond motifs is 1. The molecule has 96 valence electrons. The van der Waals surface area contributed by atoms with E-state index in [0.29, 0.717) is 12.1 Å². The zero-order chi connectivity index (χ0) is 13.1. The fraction of sp³-hybridized carbons (Fsp3) is 0.364. The van der Waals surface area contributed by atoms with Crippen molar-refractivity contribution in [2.75, 3.05) is 11.9 Å². The first-order valence-electron chi connectivity index (χ1n) is 5.65. The topological polar surface area (TPSA) is 107 Å². The second kappa shape index (κ2) is 5.01. The van der Waals surface area contributed by atoms with Gasteiger partial charge in [-0.15, -0.1) is 0 Å². The minimum Gasteiger partial charge on any atom is -0.423 e. The Morgan fingerprint density at radius 1 is 1.61 bits per heavy atom. The van der Waals surface area contributed by atoms with Crippen LogP contribution in [0.3, 0.4) is 0 Å². The summed E-state index contributed by atoms with van der Waals surface area (Å²) in [6, 6.07) is 4.85. The normalized spacial score (nSPS) is 12.6. The largest absolute Gasteiger partial charge is 0.423 e. The molecule has 1 unspecified atom stereocenters. The fourth-order valence-corrected chi connectivity index (χ4v) is 1.52. The summed E-state index contributed by atoms with van der Waals surface area (Å²) in [6.45, 7) is 2.49. The summed E-state index contributed by atoms with van der Waals surface area (Å²) < 4.78 is 5.37. The summed E-state index contributed by atoms with van der Waals surface area (Å²) in [5.74, 6) is 0. The molecule has 1 heterocycles. The Labute approximate surface area is 103 Å². The summed E-state index contributed by atoms with van der Waals surface area (Å²) in [5, 5.41) is 13.7. The van der Waals surface area contributed by atoms with Gasteiger partial charge in [0.05, 0.1) is 4.92 Å². The van der Waals surface area contributed by atoms with Crippen LogP contribution in [0.2, 0.25) is 0 Å². The van der Waals surface area contributed by atoms with Crippen molar-refractivity contribution in [2.24, 2.45) is 5.73 Å². The van der Waals surface area contributed by atoms with Crippen LogP contribution in [-0.4, -0.2) is 22.5 Å². The third kappa shape index (κ3) is 2.40. The van der Waals surface area contributed by atoms with Crippen molar-refractivity contribution in [3.8, 4) is 0 Å². The highest BCUT2D eigenvalue weighted by molar-refractivity contribution is 5.83. The van der Waals surface area contributed by atoms with Gasteiger partial charge in [0.2, 0.25) is 0 Å². The Kier molecular flexibility index (Phi) is 3.42. The Morgan fingerprint density at radius 2 is 2.39 bits per heavy atom. The SMILES string of the molecule is CCC(N)CNc1nc2c([N+](=O)[O-])cccc2o1. The van der Waals surface area contributed by atoms with E-state index in [2.05, 4.69) is 10.3 Å². The predicted octanol–water partition coefficient (Wildman–Crippen LogP) is 1.89. The lowest BCUT2D eigenvalue weighted by molar-refractivity contribution is -0.383. The molecule has 1 atom stereocenters. The highest BCUT2D eigenvalue weighted by atomic mass is 16.6. The van der Waals surface area contributed by atoms with E-state index in [1.165, 1.54) is 6.07 Å². The molecule has 0 saturated heterocycles. The molecule has 18 heavy (non-hydrogen) atoms. The van der Waals surface area contributed by atoms with E-state index in [9.17, 15) is 10.1 Å². The average Bonchev–Trinajstić information content (AvgIpc) is 2.77. The second-order valence-corrected chi connectivity index (χ2v) is 3.95. The smallest absolute Gasteiger partial charge is 0.298 e. The van der Waals surface area contributed by atoms with Gasteiger partial charge < -0.3 is 15.5 Å². The van der Waals surface area contributed by atoms with Crippen LogP contribution >= 0.6 is 0 Å². The van der Waals surface area contributed by atoms with Crippen molar-refractivity contribution in [2.45, 2.75) is 19.4 Å². The van der Waals surface area contributed by atoms with E-state index >= 15 is 0 Å². The molecule has 0 aliphatic rings. The number of nitrogens with zero attached hydrogens (tertiary/aromatic N) is 2. The van der Waals surface area contributed by atoms with Crippen LogP contribution in [0.5, 0.6) is 0 Å². The molecule has 2 aromatic rings. The summed E-state index contributed by atoms with van der Waals surface area (Å²) in [4.78, 5) is 14.4. The Bertz CT molecular complexity index is 566. The monoisotopic (exact) mass is 250 g/mol. The maximum Gasteiger partial charge on any atom is 0.298 e. The van der Waals surface area contributed by atoms with Crippen molar-refractivity contribution in [1.82, 2.24) is 4.98 Å². The molecule has 3 N–H and O–H groups in total.